The highest BCUT2D eigenvalue weighted by Crippen LogP contribution is 2.36. The molecule has 7 heteroatoms. The zero-order valence-electron chi connectivity index (χ0n) is 7.87. The fraction of sp³-hybridized carbons (Fsp3) is 0.222. The van der Waals surface area contributed by atoms with Crippen LogP contribution in [0.2, 0.25) is 0 Å². The summed E-state index contributed by atoms with van der Waals surface area (Å²) in [4.78, 5) is -3.70. The predicted octanol–water partition coefficient (Wildman–Crippen LogP) is 4.08. The van der Waals surface area contributed by atoms with Crippen LogP contribution in [-0.2, 0) is 4.83 Å². The van der Waals surface area contributed by atoms with Gasteiger partial charge < -0.3 is 0 Å². The quantitative estimate of drug-likeness (QED) is 0.436. The SMILES string of the molecule is CC#N.Fc1ccc(C(F)(F)Br)c(F)c1F. The van der Waals surface area contributed by atoms with E-state index in [0.29, 0.717) is 12.1 Å². The molecule has 0 radical (unpaired) electrons. The van der Waals surface area contributed by atoms with Crippen LogP contribution in [-0.4, -0.2) is 0 Å². The van der Waals surface area contributed by atoms with Crippen molar-refractivity contribution in [1.82, 2.24) is 0 Å². The Morgan fingerprint density at radius 3 is 2.00 bits per heavy atom. The lowest BCUT2D eigenvalue weighted by molar-refractivity contribution is 0.108. The highest BCUT2D eigenvalue weighted by Gasteiger charge is 2.32. The second-order valence-corrected chi connectivity index (χ2v) is 3.44. The first-order valence-corrected chi connectivity index (χ1v) is 4.56. The monoisotopic (exact) mass is 301 g/mol. The molecule has 0 spiro atoms. The van der Waals surface area contributed by atoms with Crippen molar-refractivity contribution in [3.05, 3.63) is 35.1 Å². The first-order chi connectivity index (χ1) is 7.25. The fourth-order valence-electron chi connectivity index (χ4n) is 0.745. The lowest BCUT2D eigenvalue weighted by Crippen LogP contribution is -2.08. The molecule has 0 aliphatic heterocycles. The van der Waals surface area contributed by atoms with Gasteiger partial charge in [0.05, 0.1) is 11.6 Å². The second-order valence-electron chi connectivity index (χ2n) is 2.44. The molecule has 1 rings (SSSR count). The first-order valence-electron chi connectivity index (χ1n) is 3.77. The molecule has 0 aliphatic rings. The van der Waals surface area contributed by atoms with Gasteiger partial charge >= 0.3 is 4.83 Å². The summed E-state index contributed by atoms with van der Waals surface area (Å²) in [6.07, 6.45) is 0. The van der Waals surface area contributed by atoms with E-state index in [1.807, 2.05) is 15.9 Å². The summed E-state index contributed by atoms with van der Waals surface area (Å²) < 4.78 is 62.2. The van der Waals surface area contributed by atoms with Gasteiger partial charge in [0.2, 0.25) is 0 Å². The molecule has 0 aromatic heterocycles. The third-order valence-electron chi connectivity index (χ3n) is 1.34. The average molecular weight is 302 g/mol. The molecule has 88 valence electrons. The van der Waals surface area contributed by atoms with Crippen LogP contribution in [0.3, 0.4) is 0 Å². The van der Waals surface area contributed by atoms with Crippen molar-refractivity contribution in [3.8, 4) is 6.07 Å². The second kappa shape index (κ2) is 5.80. The normalized spacial score (nSPS) is 10.1. The summed E-state index contributed by atoms with van der Waals surface area (Å²) in [5.41, 5.74) is -1.23. The van der Waals surface area contributed by atoms with Crippen molar-refractivity contribution in [2.24, 2.45) is 0 Å². The largest absolute Gasteiger partial charge is 0.329 e. The number of hydrogen-bond donors (Lipinski definition) is 0. The molecule has 1 aromatic carbocycles. The van der Waals surface area contributed by atoms with E-state index in [1.54, 1.807) is 6.07 Å². The van der Waals surface area contributed by atoms with Crippen LogP contribution in [0.25, 0.3) is 0 Å². The van der Waals surface area contributed by atoms with Crippen LogP contribution in [0.5, 0.6) is 0 Å². The molecule has 16 heavy (non-hydrogen) atoms. The number of nitriles is 1. The fourth-order valence-corrected chi connectivity index (χ4v) is 1.05. The Morgan fingerprint density at radius 2 is 1.62 bits per heavy atom. The molecular weight excluding hydrogens is 297 g/mol. The van der Waals surface area contributed by atoms with Gasteiger partial charge in [-0.3, -0.25) is 0 Å². The van der Waals surface area contributed by atoms with Crippen molar-refractivity contribution < 1.29 is 22.0 Å². The first kappa shape index (κ1) is 14.8. The Bertz CT molecular complexity index is 408. The van der Waals surface area contributed by atoms with E-state index in [0.717, 1.165) is 0 Å². The summed E-state index contributed by atoms with van der Waals surface area (Å²) in [6, 6.07) is 2.66. The van der Waals surface area contributed by atoms with Gasteiger partial charge in [0.1, 0.15) is 0 Å². The minimum absolute atomic E-state index is 0.433. The van der Waals surface area contributed by atoms with Crippen LogP contribution in [0, 0.1) is 28.8 Å². The van der Waals surface area contributed by atoms with Gasteiger partial charge in [-0.1, -0.05) is 0 Å². The van der Waals surface area contributed by atoms with Crippen molar-refractivity contribution in [1.29, 1.82) is 5.26 Å². The molecule has 1 aromatic rings. The van der Waals surface area contributed by atoms with Gasteiger partial charge in [0.15, 0.2) is 17.5 Å². The summed E-state index contributed by atoms with van der Waals surface area (Å²) in [5, 5.41) is 7.32. The Kier molecular flexibility index (Phi) is 5.38. The minimum atomic E-state index is -3.70. The Balaban J connectivity index is 0.000000673. The zero-order valence-corrected chi connectivity index (χ0v) is 9.46. The maximum Gasteiger partial charge on any atom is 0.329 e. The molecule has 0 fully saturated rings. The van der Waals surface area contributed by atoms with Gasteiger partial charge in [-0.15, -0.1) is 0 Å². The van der Waals surface area contributed by atoms with Crippen molar-refractivity contribution in [2.75, 3.05) is 0 Å². The van der Waals surface area contributed by atoms with Crippen molar-refractivity contribution in [2.45, 2.75) is 11.8 Å². The smallest absolute Gasteiger partial charge is 0.204 e. The summed E-state index contributed by atoms with van der Waals surface area (Å²) >= 11 is 1.83. The van der Waals surface area contributed by atoms with E-state index < -0.39 is 27.8 Å². The summed E-state index contributed by atoms with van der Waals surface area (Å²) in [6.45, 7) is 1.43. The molecule has 1 nitrogen and oxygen atoms in total. The molecule has 0 amide bonds. The predicted molar refractivity (Wildman–Crippen MR) is 50.4 cm³/mol. The maximum atomic E-state index is 12.6. The summed E-state index contributed by atoms with van der Waals surface area (Å²) in [7, 11) is 0. The minimum Gasteiger partial charge on any atom is -0.204 e. The molecule has 0 unspecified atom stereocenters. The average Bonchev–Trinajstić information content (AvgIpc) is 2.13. The van der Waals surface area contributed by atoms with E-state index in [2.05, 4.69) is 0 Å². The van der Waals surface area contributed by atoms with Crippen molar-refractivity contribution >= 4 is 15.9 Å². The lowest BCUT2D eigenvalue weighted by Gasteiger charge is -2.09. The van der Waals surface area contributed by atoms with E-state index in [1.165, 1.54) is 6.92 Å². The lowest BCUT2D eigenvalue weighted by atomic mass is 10.2. The highest BCUT2D eigenvalue weighted by atomic mass is 79.9. The standard InChI is InChI=1S/C7H2BrF5.C2H3N/c8-7(12,13)3-1-2-4(9)6(11)5(3)10;1-2-3/h1-2H;1H3. The van der Waals surface area contributed by atoms with Crippen LogP contribution in [0.15, 0.2) is 12.1 Å². The molecular formula is C9H5BrF5N. The third kappa shape index (κ3) is 3.77. The Hall–Kier alpha value is -1.16. The van der Waals surface area contributed by atoms with E-state index in [-0.39, 0.29) is 0 Å². The molecule has 0 saturated heterocycles. The summed E-state index contributed by atoms with van der Waals surface area (Å²) in [5.74, 6) is -5.29. The van der Waals surface area contributed by atoms with E-state index in [4.69, 9.17) is 5.26 Å². The van der Waals surface area contributed by atoms with Crippen molar-refractivity contribution in [3.63, 3.8) is 0 Å². The molecule has 0 aliphatic carbocycles. The molecule has 0 bridgehead atoms. The number of benzene rings is 1. The molecule has 0 heterocycles. The van der Waals surface area contributed by atoms with E-state index >= 15 is 0 Å². The number of hydrogen-bond acceptors (Lipinski definition) is 1. The van der Waals surface area contributed by atoms with Gasteiger partial charge in [-0.25, -0.2) is 13.2 Å². The van der Waals surface area contributed by atoms with Gasteiger partial charge in [-0.05, 0) is 28.1 Å². The van der Waals surface area contributed by atoms with Gasteiger partial charge in [0.25, 0.3) is 0 Å². The Morgan fingerprint density at radius 1 is 1.19 bits per heavy atom. The van der Waals surface area contributed by atoms with Crippen LogP contribution < -0.4 is 0 Å². The number of halogens is 6. The zero-order chi connectivity index (χ0) is 12.9. The van der Waals surface area contributed by atoms with Crippen LogP contribution in [0.1, 0.15) is 12.5 Å². The van der Waals surface area contributed by atoms with E-state index in [9.17, 15) is 22.0 Å². The number of alkyl halides is 3. The number of nitrogens with zero attached hydrogens (tertiary/aromatic N) is 1. The highest BCUT2D eigenvalue weighted by molar-refractivity contribution is 9.09. The third-order valence-corrected chi connectivity index (χ3v) is 1.77. The van der Waals surface area contributed by atoms with Crippen LogP contribution in [0.4, 0.5) is 22.0 Å². The molecule has 0 atom stereocenters. The Labute approximate surface area is 96.6 Å². The van der Waals surface area contributed by atoms with Gasteiger partial charge in [0, 0.05) is 6.92 Å². The molecule has 0 saturated carbocycles. The topological polar surface area (TPSA) is 23.8 Å². The number of rotatable bonds is 1. The van der Waals surface area contributed by atoms with Crippen LogP contribution >= 0.6 is 15.9 Å². The maximum absolute atomic E-state index is 12.6. The molecule has 0 N–H and O–H groups in total. The van der Waals surface area contributed by atoms with Gasteiger partial charge in [-0.2, -0.15) is 14.0 Å².